The van der Waals surface area contributed by atoms with Gasteiger partial charge in [0.1, 0.15) is 0 Å². The highest BCUT2D eigenvalue weighted by atomic mass is 16.5. The SMILES string of the molecule is CCOC(CN)CN1CC(C)OCC1CC. The maximum Gasteiger partial charge on any atom is 0.0823 e. The zero-order chi connectivity index (χ0) is 12.0. The van der Waals surface area contributed by atoms with Gasteiger partial charge in [-0.05, 0) is 20.3 Å². The summed E-state index contributed by atoms with van der Waals surface area (Å²) in [6.07, 6.45) is 1.60. The lowest BCUT2D eigenvalue weighted by atomic mass is 10.1. The van der Waals surface area contributed by atoms with Gasteiger partial charge in [-0.2, -0.15) is 0 Å². The minimum atomic E-state index is 0.157. The van der Waals surface area contributed by atoms with Crippen molar-refractivity contribution in [1.29, 1.82) is 0 Å². The fourth-order valence-electron chi connectivity index (χ4n) is 2.20. The van der Waals surface area contributed by atoms with Crippen LogP contribution in [-0.2, 0) is 9.47 Å². The van der Waals surface area contributed by atoms with Crippen molar-refractivity contribution in [3.63, 3.8) is 0 Å². The van der Waals surface area contributed by atoms with Gasteiger partial charge in [0.15, 0.2) is 0 Å². The molecule has 1 saturated heterocycles. The van der Waals surface area contributed by atoms with Crippen molar-refractivity contribution in [2.24, 2.45) is 5.73 Å². The van der Waals surface area contributed by atoms with Crippen molar-refractivity contribution in [3.05, 3.63) is 0 Å². The molecule has 2 N–H and O–H groups in total. The van der Waals surface area contributed by atoms with Gasteiger partial charge in [-0.25, -0.2) is 0 Å². The topological polar surface area (TPSA) is 47.7 Å². The standard InChI is InChI=1S/C12H26N2O2/c1-4-11-9-16-10(3)7-14(11)8-12(6-13)15-5-2/h10-12H,4-9,13H2,1-3H3. The van der Waals surface area contributed by atoms with Gasteiger partial charge in [0.05, 0.1) is 18.8 Å². The molecule has 4 nitrogen and oxygen atoms in total. The van der Waals surface area contributed by atoms with Crippen LogP contribution in [0.3, 0.4) is 0 Å². The van der Waals surface area contributed by atoms with Crippen molar-refractivity contribution in [1.82, 2.24) is 4.90 Å². The van der Waals surface area contributed by atoms with Gasteiger partial charge in [-0.1, -0.05) is 6.92 Å². The molecular formula is C12H26N2O2. The van der Waals surface area contributed by atoms with E-state index in [1.54, 1.807) is 0 Å². The largest absolute Gasteiger partial charge is 0.376 e. The molecular weight excluding hydrogens is 204 g/mol. The molecule has 0 aromatic heterocycles. The Labute approximate surface area is 99.1 Å². The molecule has 96 valence electrons. The Balaban J connectivity index is 2.46. The molecule has 0 radical (unpaired) electrons. The van der Waals surface area contributed by atoms with E-state index in [1.165, 1.54) is 0 Å². The molecule has 3 atom stereocenters. The van der Waals surface area contributed by atoms with E-state index < -0.39 is 0 Å². The summed E-state index contributed by atoms with van der Waals surface area (Å²) < 4.78 is 11.3. The lowest BCUT2D eigenvalue weighted by molar-refractivity contribution is -0.0739. The highest BCUT2D eigenvalue weighted by Crippen LogP contribution is 2.15. The molecule has 1 rings (SSSR count). The van der Waals surface area contributed by atoms with Crippen LogP contribution in [0.4, 0.5) is 0 Å². The molecule has 0 bridgehead atoms. The van der Waals surface area contributed by atoms with Gasteiger partial charge in [-0.15, -0.1) is 0 Å². The Hall–Kier alpha value is -0.160. The van der Waals surface area contributed by atoms with Crippen LogP contribution in [0.1, 0.15) is 27.2 Å². The number of rotatable bonds is 6. The quantitative estimate of drug-likeness (QED) is 0.735. The first kappa shape index (κ1) is 13.9. The molecule has 3 unspecified atom stereocenters. The maximum atomic E-state index is 5.71. The van der Waals surface area contributed by atoms with E-state index >= 15 is 0 Å². The Kier molecular flexibility index (Phi) is 6.28. The Morgan fingerprint density at radius 3 is 2.81 bits per heavy atom. The first-order valence-electron chi connectivity index (χ1n) is 6.38. The predicted molar refractivity (Wildman–Crippen MR) is 65.5 cm³/mol. The average molecular weight is 230 g/mol. The molecule has 0 saturated carbocycles. The monoisotopic (exact) mass is 230 g/mol. The third-order valence-corrected chi connectivity index (χ3v) is 3.16. The van der Waals surface area contributed by atoms with Crippen LogP contribution >= 0.6 is 0 Å². The van der Waals surface area contributed by atoms with Crippen LogP contribution in [0.5, 0.6) is 0 Å². The number of morpholine rings is 1. The number of ether oxygens (including phenoxy) is 2. The fourth-order valence-corrected chi connectivity index (χ4v) is 2.20. The molecule has 0 aromatic rings. The second-order valence-electron chi connectivity index (χ2n) is 4.47. The van der Waals surface area contributed by atoms with E-state index in [4.69, 9.17) is 15.2 Å². The van der Waals surface area contributed by atoms with Gasteiger partial charge >= 0.3 is 0 Å². The number of nitrogens with zero attached hydrogens (tertiary/aromatic N) is 1. The lowest BCUT2D eigenvalue weighted by Crippen LogP contribution is -2.52. The fraction of sp³-hybridized carbons (Fsp3) is 1.00. The van der Waals surface area contributed by atoms with Gasteiger partial charge in [0, 0.05) is 32.3 Å². The highest BCUT2D eigenvalue weighted by Gasteiger charge is 2.27. The van der Waals surface area contributed by atoms with E-state index in [0.29, 0.717) is 18.7 Å². The van der Waals surface area contributed by atoms with Crippen molar-refractivity contribution in [2.75, 3.05) is 32.8 Å². The molecule has 0 aromatic carbocycles. The molecule has 0 aliphatic carbocycles. The molecule has 16 heavy (non-hydrogen) atoms. The van der Waals surface area contributed by atoms with Gasteiger partial charge in [-0.3, -0.25) is 4.90 Å². The predicted octanol–water partition coefficient (Wildman–Crippen LogP) is 0.850. The molecule has 1 heterocycles. The van der Waals surface area contributed by atoms with Crippen LogP contribution in [-0.4, -0.2) is 56.0 Å². The average Bonchev–Trinajstić information content (AvgIpc) is 2.29. The van der Waals surface area contributed by atoms with Crippen LogP contribution in [0.15, 0.2) is 0 Å². The Morgan fingerprint density at radius 2 is 2.25 bits per heavy atom. The van der Waals surface area contributed by atoms with Crippen molar-refractivity contribution in [3.8, 4) is 0 Å². The summed E-state index contributed by atoms with van der Waals surface area (Å²) in [5, 5.41) is 0. The third kappa shape index (κ3) is 4.01. The maximum absolute atomic E-state index is 5.71. The summed E-state index contributed by atoms with van der Waals surface area (Å²) in [5.74, 6) is 0. The summed E-state index contributed by atoms with van der Waals surface area (Å²) in [7, 11) is 0. The highest BCUT2D eigenvalue weighted by molar-refractivity contribution is 4.80. The molecule has 4 heteroatoms. The van der Waals surface area contributed by atoms with Gasteiger partial charge in [0.2, 0.25) is 0 Å². The van der Waals surface area contributed by atoms with Crippen LogP contribution < -0.4 is 5.73 Å². The van der Waals surface area contributed by atoms with E-state index in [2.05, 4.69) is 18.7 Å². The molecule has 1 aliphatic heterocycles. The smallest absolute Gasteiger partial charge is 0.0823 e. The number of hydrogen-bond donors (Lipinski definition) is 1. The zero-order valence-corrected chi connectivity index (χ0v) is 10.8. The first-order valence-corrected chi connectivity index (χ1v) is 6.38. The van der Waals surface area contributed by atoms with E-state index in [9.17, 15) is 0 Å². The summed E-state index contributed by atoms with van der Waals surface area (Å²) in [5.41, 5.74) is 5.71. The van der Waals surface area contributed by atoms with E-state index in [0.717, 1.165) is 32.7 Å². The van der Waals surface area contributed by atoms with Crippen molar-refractivity contribution in [2.45, 2.75) is 45.4 Å². The summed E-state index contributed by atoms with van der Waals surface area (Å²) >= 11 is 0. The lowest BCUT2D eigenvalue weighted by Gasteiger charge is -2.39. The van der Waals surface area contributed by atoms with E-state index in [-0.39, 0.29) is 6.10 Å². The summed E-state index contributed by atoms with van der Waals surface area (Å²) in [6, 6.07) is 0.519. The molecule has 0 spiro atoms. The van der Waals surface area contributed by atoms with Crippen LogP contribution in [0.2, 0.25) is 0 Å². The summed E-state index contributed by atoms with van der Waals surface area (Å²) in [4.78, 5) is 2.46. The Bertz CT molecular complexity index is 190. The van der Waals surface area contributed by atoms with Crippen molar-refractivity contribution < 1.29 is 9.47 Å². The number of hydrogen-bond acceptors (Lipinski definition) is 4. The van der Waals surface area contributed by atoms with Gasteiger partial charge < -0.3 is 15.2 Å². The van der Waals surface area contributed by atoms with Gasteiger partial charge in [0.25, 0.3) is 0 Å². The minimum absolute atomic E-state index is 0.157. The minimum Gasteiger partial charge on any atom is -0.376 e. The molecule has 0 amide bonds. The second kappa shape index (κ2) is 7.22. The summed E-state index contributed by atoms with van der Waals surface area (Å²) in [6.45, 7) is 10.4. The zero-order valence-electron chi connectivity index (χ0n) is 10.8. The second-order valence-corrected chi connectivity index (χ2v) is 4.47. The van der Waals surface area contributed by atoms with Crippen LogP contribution in [0.25, 0.3) is 0 Å². The molecule has 1 aliphatic rings. The Morgan fingerprint density at radius 1 is 1.50 bits per heavy atom. The van der Waals surface area contributed by atoms with Crippen molar-refractivity contribution >= 4 is 0 Å². The van der Waals surface area contributed by atoms with E-state index in [1.807, 2.05) is 6.92 Å². The van der Waals surface area contributed by atoms with Crippen LogP contribution in [0, 0.1) is 0 Å². The first-order chi connectivity index (χ1) is 7.71. The number of nitrogens with two attached hydrogens (primary N) is 1. The third-order valence-electron chi connectivity index (χ3n) is 3.16. The normalized spacial score (nSPS) is 29.2. The molecule has 1 fully saturated rings.